The molecule has 0 N–H and O–H groups in total. The normalized spacial score (nSPS) is 14.1. The zero-order chi connectivity index (χ0) is 17.1. The van der Waals surface area contributed by atoms with Crippen molar-refractivity contribution in [1.29, 1.82) is 0 Å². The predicted molar refractivity (Wildman–Crippen MR) is 72.6 cm³/mol. The van der Waals surface area contributed by atoms with Gasteiger partial charge in [-0.2, -0.15) is 17.2 Å². The Morgan fingerprint density at radius 2 is 1.77 bits per heavy atom. The maximum atomic E-state index is 13.6. The van der Waals surface area contributed by atoms with Crippen LogP contribution in [-0.2, 0) is 19.1 Å². The largest absolute Gasteiger partial charge is 0.544 e. The minimum atomic E-state index is -4.51. The van der Waals surface area contributed by atoms with E-state index < -0.39 is 40.5 Å². The van der Waals surface area contributed by atoms with E-state index in [1.54, 1.807) is 20.8 Å². The number of carboxylic acid groups (broad SMARTS) is 1. The van der Waals surface area contributed by atoms with Gasteiger partial charge in [0.05, 0.1) is 4.90 Å². The third-order valence-corrected chi connectivity index (χ3v) is 4.25. The lowest BCUT2D eigenvalue weighted by Crippen LogP contribution is -2.51. The SMILES string of the molecule is Cc1ccc(S(=O)(=O)OC(CC(C)C)C(F)(F)C(=O)[O-])cc1. The number of aryl methyl sites for hydroxylation is 1. The first-order valence-electron chi connectivity index (χ1n) is 6.56. The van der Waals surface area contributed by atoms with Crippen molar-refractivity contribution in [2.24, 2.45) is 5.92 Å². The van der Waals surface area contributed by atoms with E-state index in [9.17, 15) is 27.1 Å². The molecule has 0 saturated carbocycles. The number of halogens is 2. The molecule has 1 unspecified atom stereocenters. The Hall–Kier alpha value is -1.54. The molecule has 0 fully saturated rings. The van der Waals surface area contributed by atoms with Gasteiger partial charge in [-0.05, 0) is 31.4 Å². The molecule has 22 heavy (non-hydrogen) atoms. The predicted octanol–water partition coefficient (Wildman–Crippen LogP) is 1.50. The molecule has 0 saturated heterocycles. The average Bonchev–Trinajstić information content (AvgIpc) is 2.37. The fourth-order valence-electron chi connectivity index (χ4n) is 1.72. The maximum absolute atomic E-state index is 13.6. The highest BCUT2D eigenvalue weighted by molar-refractivity contribution is 7.86. The third kappa shape index (κ3) is 4.48. The van der Waals surface area contributed by atoms with Gasteiger partial charge in [-0.1, -0.05) is 31.5 Å². The van der Waals surface area contributed by atoms with Gasteiger partial charge in [0.2, 0.25) is 0 Å². The fraction of sp³-hybridized carbons (Fsp3) is 0.500. The topological polar surface area (TPSA) is 83.5 Å². The number of hydrogen-bond acceptors (Lipinski definition) is 5. The van der Waals surface area contributed by atoms with E-state index in [0.717, 1.165) is 5.56 Å². The summed E-state index contributed by atoms with van der Waals surface area (Å²) in [7, 11) is -4.51. The van der Waals surface area contributed by atoms with Gasteiger partial charge < -0.3 is 9.90 Å². The second kappa shape index (κ2) is 6.70. The van der Waals surface area contributed by atoms with Crippen molar-refractivity contribution in [1.82, 2.24) is 0 Å². The highest BCUT2D eigenvalue weighted by Crippen LogP contribution is 2.29. The number of carbonyl (C=O) groups is 1. The Bertz CT molecular complexity index is 623. The van der Waals surface area contributed by atoms with Crippen LogP contribution in [-0.4, -0.2) is 26.4 Å². The van der Waals surface area contributed by atoms with Gasteiger partial charge in [-0.15, -0.1) is 0 Å². The van der Waals surface area contributed by atoms with E-state index in [-0.39, 0.29) is 4.90 Å². The molecule has 0 heterocycles. The highest BCUT2D eigenvalue weighted by atomic mass is 32.2. The quantitative estimate of drug-likeness (QED) is 0.705. The lowest BCUT2D eigenvalue weighted by molar-refractivity contribution is -0.335. The van der Waals surface area contributed by atoms with Crippen LogP contribution in [0.2, 0.25) is 0 Å². The Balaban J connectivity index is 3.12. The van der Waals surface area contributed by atoms with Crippen LogP contribution in [0.15, 0.2) is 29.2 Å². The Labute approximate surface area is 128 Å². The van der Waals surface area contributed by atoms with Gasteiger partial charge in [0.15, 0.2) is 0 Å². The van der Waals surface area contributed by atoms with E-state index in [4.69, 9.17) is 0 Å². The highest BCUT2D eigenvalue weighted by Gasteiger charge is 2.45. The number of benzene rings is 1. The van der Waals surface area contributed by atoms with E-state index in [0.29, 0.717) is 0 Å². The summed E-state index contributed by atoms with van der Waals surface area (Å²) in [6.07, 6.45) is -2.78. The van der Waals surface area contributed by atoms with Crippen LogP contribution < -0.4 is 5.11 Å². The van der Waals surface area contributed by atoms with E-state index in [1.165, 1.54) is 24.3 Å². The molecule has 0 aromatic heterocycles. The lowest BCUT2D eigenvalue weighted by Gasteiger charge is -2.28. The van der Waals surface area contributed by atoms with Gasteiger partial charge >= 0.3 is 5.92 Å². The number of aliphatic carboxylic acids is 1. The second-order valence-electron chi connectivity index (χ2n) is 5.39. The number of alkyl halides is 2. The van der Waals surface area contributed by atoms with Crippen molar-refractivity contribution in [3.8, 4) is 0 Å². The molecule has 1 rings (SSSR count). The number of hydrogen-bond donors (Lipinski definition) is 0. The van der Waals surface area contributed by atoms with Gasteiger partial charge in [-0.25, -0.2) is 0 Å². The number of carbonyl (C=O) groups excluding carboxylic acids is 1. The molecular weight excluding hydrogens is 318 g/mol. The summed E-state index contributed by atoms with van der Waals surface area (Å²) >= 11 is 0. The monoisotopic (exact) mass is 335 g/mol. The van der Waals surface area contributed by atoms with E-state index in [2.05, 4.69) is 4.18 Å². The van der Waals surface area contributed by atoms with Gasteiger partial charge in [0, 0.05) is 0 Å². The summed E-state index contributed by atoms with van der Waals surface area (Å²) < 4.78 is 55.8. The van der Waals surface area contributed by atoms with Gasteiger partial charge in [-0.3, -0.25) is 4.18 Å². The van der Waals surface area contributed by atoms with Crippen LogP contribution in [0.4, 0.5) is 8.78 Å². The molecule has 1 aromatic rings. The smallest absolute Gasteiger partial charge is 0.314 e. The number of carboxylic acids is 1. The molecule has 0 amide bonds. The number of rotatable bonds is 7. The standard InChI is InChI=1S/C14H18F2O5S/c1-9(2)8-12(14(15,16)13(17)18)21-22(19,20)11-6-4-10(3)5-7-11/h4-7,9,12H,8H2,1-3H3,(H,17,18)/p-1. The van der Waals surface area contributed by atoms with Crippen LogP contribution in [0, 0.1) is 12.8 Å². The lowest BCUT2D eigenvalue weighted by atomic mass is 10.0. The molecule has 1 aromatic carbocycles. The Kier molecular flexibility index (Phi) is 5.64. The van der Waals surface area contributed by atoms with Crippen LogP contribution in [0.1, 0.15) is 25.8 Å². The van der Waals surface area contributed by atoms with Crippen molar-refractivity contribution in [2.45, 2.75) is 44.1 Å². The molecule has 0 spiro atoms. The zero-order valence-corrected chi connectivity index (χ0v) is 13.2. The summed E-state index contributed by atoms with van der Waals surface area (Å²) in [5, 5.41) is 10.6. The Morgan fingerprint density at radius 3 is 2.18 bits per heavy atom. The van der Waals surface area contributed by atoms with Crippen molar-refractivity contribution < 1.29 is 31.3 Å². The molecule has 1 atom stereocenters. The zero-order valence-electron chi connectivity index (χ0n) is 12.4. The first-order chi connectivity index (χ1) is 9.96. The van der Waals surface area contributed by atoms with Crippen molar-refractivity contribution in [3.63, 3.8) is 0 Å². The average molecular weight is 335 g/mol. The molecule has 8 heteroatoms. The van der Waals surface area contributed by atoms with E-state index >= 15 is 0 Å². The van der Waals surface area contributed by atoms with Crippen LogP contribution >= 0.6 is 0 Å². The fourth-order valence-corrected chi connectivity index (χ4v) is 2.81. The molecule has 124 valence electrons. The molecule has 0 aliphatic rings. The van der Waals surface area contributed by atoms with Crippen molar-refractivity contribution in [3.05, 3.63) is 29.8 Å². The molecule has 0 bridgehead atoms. The first kappa shape index (κ1) is 18.5. The summed E-state index contributed by atoms with van der Waals surface area (Å²) in [6.45, 7) is 4.81. The molecule has 0 aliphatic carbocycles. The first-order valence-corrected chi connectivity index (χ1v) is 7.97. The molecular formula is C14H17F2O5S-. The summed E-state index contributed by atoms with van der Waals surface area (Å²) in [5.74, 6) is -7.48. The Morgan fingerprint density at radius 1 is 1.27 bits per heavy atom. The molecule has 5 nitrogen and oxygen atoms in total. The van der Waals surface area contributed by atoms with E-state index in [1.807, 2.05) is 0 Å². The minimum Gasteiger partial charge on any atom is -0.544 e. The van der Waals surface area contributed by atoms with Crippen LogP contribution in [0.5, 0.6) is 0 Å². The van der Waals surface area contributed by atoms with Crippen LogP contribution in [0.3, 0.4) is 0 Å². The molecule has 0 aliphatic heterocycles. The third-order valence-electron chi connectivity index (χ3n) is 2.91. The van der Waals surface area contributed by atoms with Crippen molar-refractivity contribution in [2.75, 3.05) is 0 Å². The maximum Gasteiger partial charge on any atom is 0.314 e. The van der Waals surface area contributed by atoms with Gasteiger partial charge in [0.1, 0.15) is 12.1 Å². The summed E-state index contributed by atoms with van der Waals surface area (Å²) in [6, 6.07) is 5.36. The molecule has 0 radical (unpaired) electrons. The van der Waals surface area contributed by atoms with Crippen molar-refractivity contribution >= 4 is 16.1 Å². The van der Waals surface area contributed by atoms with Crippen LogP contribution in [0.25, 0.3) is 0 Å². The minimum absolute atomic E-state index is 0.319. The second-order valence-corrected chi connectivity index (χ2v) is 6.96. The van der Waals surface area contributed by atoms with Gasteiger partial charge in [0.25, 0.3) is 10.1 Å². The summed E-state index contributed by atoms with van der Waals surface area (Å²) in [4.78, 5) is 10.3. The summed E-state index contributed by atoms with van der Waals surface area (Å²) in [5.41, 5.74) is 0.776.